The lowest BCUT2D eigenvalue weighted by atomic mass is 9.81. The summed E-state index contributed by atoms with van der Waals surface area (Å²) in [5, 5.41) is 0. The molecule has 1 aliphatic heterocycles. The maximum atomic E-state index is 13.1. The van der Waals surface area contributed by atoms with Crippen molar-refractivity contribution in [3.63, 3.8) is 0 Å². The van der Waals surface area contributed by atoms with Crippen LogP contribution in [0, 0.1) is 0 Å². The van der Waals surface area contributed by atoms with Gasteiger partial charge in [0.1, 0.15) is 5.71 Å². The normalized spacial score (nSPS) is 19.3. The smallest absolute Gasteiger partial charge is 0.262 e. The molecular weight excluding hydrogens is 360 g/mol. The summed E-state index contributed by atoms with van der Waals surface area (Å²) in [7, 11) is -2.14. The number of ketones is 1. The molecule has 27 heavy (non-hydrogen) atoms. The summed E-state index contributed by atoms with van der Waals surface area (Å²) >= 11 is 0. The first-order valence-electron chi connectivity index (χ1n) is 8.68. The number of Topliss-reactive ketones (excluding diaryl/α,β-unsaturated/α-hetero) is 1. The summed E-state index contributed by atoms with van der Waals surface area (Å²) in [4.78, 5) is 17.4. The lowest BCUT2D eigenvalue weighted by Gasteiger charge is -2.23. The van der Waals surface area contributed by atoms with Gasteiger partial charge in [-0.3, -0.25) is 14.5 Å². The van der Waals surface area contributed by atoms with Crippen LogP contribution in [0.2, 0.25) is 0 Å². The van der Waals surface area contributed by atoms with E-state index in [0.29, 0.717) is 22.4 Å². The fourth-order valence-corrected chi connectivity index (χ4v) is 4.93. The third-order valence-corrected chi connectivity index (χ3v) is 6.38. The van der Waals surface area contributed by atoms with Crippen LogP contribution in [0.5, 0.6) is 0 Å². The topological polar surface area (TPSA) is 75.6 Å². The molecule has 0 atom stereocenters. The van der Waals surface area contributed by atoms with Crippen LogP contribution in [0.15, 0.2) is 52.4 Å². The average Bonchev–Trinajstić information content (AvgIpc) is 2.89. The summed E-state index contributed by atoms with van der Waals surface area (Å²) in [5.41, 5.74) is 3.85. The zero-order chi connectivity index (χ0) is 19.6. The zero-order valence-electron chi connectivity index (χ0n) is 15.6. The highest BCUT2D eigenvalue weighted by atomic mass is 32.2. The quantitative estimate of drug-likeness (QED) is 0.824. The van der Waals surface area contributed by atoms with Crippen LogP contribution in [0.25, 0.3) is 11.3 Å². The fraction of sp³-hybridized carbons (Fsp3) is 0.238. The van der Waals surface area contributed by atoms with Crippen molar-refractivity contribution in [3.8, 4) is 0 Å². The second kappa shape index (κ2) is 5.63. The van der Waals surface area contributed by atoms with Crippen molar-refractivity contribution in [2.45, 2.75) is 31.1 Å². The van der Waals surface area contributed by atoms with Crippen LogP contribution in [0.4, 0.5) is 0 Å². The third kappa shape index (κ3) is 2.55. The van der Waals surface area contributed by atoms with E-state index in [1.54, 1.807) is 19.2 Å². The number of allylic oxidation sites excluding steroid dienone is 1. The van der Waals surface area contributed by atoms with Crippen molar-refractivity contribution >= 4 is 32.8 Å². The molecule has 2 aromatic carbocycles. The van der Waals surface area contributed by atoms with Gasteiger partial charge in [0.25, 0.3) is 10.0 Å². The molecule has 0 aromatic heterocycles. The SMILES string of the molecule is CN=C1C(=O)c2cccc3c2C(=C1c1cccc(C(C)(C)C)c1)NS3(=O)=O. The summed E-state index contributed by atoms with van der Waals surface area (Å²) < 4.78 is 27.9. The van der Waals surface area contributed by atoms with Crippen molar-refractivity contribution < 1.29 is 13.2 Å². The molecule has 0 unspecified atom stereocenters. The van der Waals surface area contributed by atoms with E-state index in [1.165, 1.54) is 6.07 Å². The Morgan fingerprint density at radius 3 is 2.41 bits per heavy atom. The summed E-state index contributed by atoms with van der Waals surface area (Å²) in [6.45, 7) is 6.32. The zero-order valence-corrected chi connectivity index (χ0v) is 16.4. The maximum Gasteiger partial charge on any atom is 0.262 e. The Hall–Kier alpha value is -2.73. The van der Waals surface area contributed by atoms with Gasteiger partial charge in [-0.2, -0.15) is 0 Å². The molecule has 0 amide bonds. The maximum absolute atomic E-state index is 13.1. The summed E-state index contributed by atoms with van der Waals surface area (Å²) in [6, 6.07) is 12.6. The van der Waals surface area contributed by atoms with Crippen molar-refractivity contribution in [1.82, 2.24) is 4.72 Å². The van der Waals surface area contributed by atoms with Gasteiger partial charge in [-0.05, 0) is 22.6 Å². The molecular formula is C21H20N2O3S. The van der Waals surface area contributed by atoms with E-state index in [0.717, 1.165) is 11.1 Å². The number of carbonyl (C=O) groups excluding carboxylic acids is 1. The van der Waals surface area contributed by atoms with Crippen molar-refractivity contribution in [2.24, 2.45) is 4.99 Å². The lowest BCUT2D eigenvalue weighted by molar-refractivity contribution is 0.106. The Bertz CT molecular complexity index is 1170. The Balaban J connectivity index is 2.09. The van der Waals surface area contributed by atoms with E-state index in [9.17, 15) is 13.2 Å². The van der Waals surface area contributed by atoms with Gasteiger partial charge in [0.15, 0.2) is 0 Å². The standard InChI is InChI=1S/C21H20N2O3S/c1-21(2,3)13-8-5-7-12(11-13)16-18-17-14(20(24)19(16)22-4)9-6-10-15(17)27(25,26)23-18/h5-11,23H,1-4H3. The largest absolute Gasteiger partial charge is 0.287 e. The molecule has 0 saturated heterocycles. The minimum Gasteiger partial charge on any atom is -0.287 e. The molecule has 0 fully saturated rings. The second-order valence-corrected chi connectivity index (χ2v) is 9.42. The predicted octanol–water partition coefficient (Wildman–Crippen LogP) is 3.41. The Morgan fingerprint density at radius 1 is 1.04 bits per heavy atom. The number of hydrogen-bond acceptors (Lipinski definition) is 4. The highest BCUT2D eigenvalue weighted by Gasteiger charge is 2.41. The van der Waals surface area contributed by atoms with Crippen LogP contribution in [0.3, 0.4) is 0 Å². The number of sulfonamides is 1. The van der Waals surface area contributed by atoms with Crippen LogP contribution in [0.1, 0.15) is 47.8 Å². The molecule has 1 heterocycles. The van der Waals surface area contributed by atoms with E-state index in [4.69, 9.17) is 0 Å². The number of benzene rings is 2. The summed E-state index contributed by atoms with van der Waals surface area (Å²) in [5.74, 6) is -0.256. The number of nitrogens with one attached hydrogen (secondary N) is 1. The molecule has 1 N–H and O–H groups in total. The molecule has 138 valence electrons. The van der Waals surface area contributed by atoms with Crippen LogP contribution >= 0.6 is 0 Å². The van der Waals surface area contributed by atoms with Gasteiger partial charge in [-0.15, -0.1) is 0 Å². The average molecular weight is 380 g/mol. The number of nitrogens with zero attached hydrogens (tertiary/aromatic N) is 1. The lowest BCUT2D eigenvalue weighted by Crippen LogP contribution is -2.26. The third-order valence-electron chi connectivity index (χ3n) is 4.99. The second-order valence-electron chi connectivity index (χ2n) is 7.77. The number of rotatable bonds is 1. The fourth-order valence-electron chi connectivity index (χ4n) is 3.61. The molecule has 0 bridgehead atoms. The highest BCUT2D eigenvalue weighted by Crippen LogP contribution is 2.42. The Morgan fingerprint density at radius 2 is 1.74 bits per heavy atom. The number of carbonyl (C=O) groups is 1. The van der Waals surface area contributed by atoms with E-state index in [-0.39, 0.29) is 21.8 Å². The molecule has 5 nitrogen and oxygen atoms in total. The number of hydrogen-bond donors (Lipinski definition) is 1. The van der Waals surface area contributed by atoms with Gasteiger partial charge >= 0.3 is 0 Å². The molecule has 0 radical (unpaired) electrons. The molecule has 4 rings (SSSR count). The van der Waals surface area contributed by atoms with Gasteiger partial charge in [0, 0.05) is 23.7 Å². The first kappa shape index (κ1) is 17.7. The molecule has 1 aliphatic carbocycles. The Labute approximate surface area is 158 Å². The minimum absolute atomic E-state index is 0.0817. The highest BCUT2D eigenvalue weighted by molar-refractivity contribution is 7.90. The van der Waals surface area contributed by atoms with Gasteiger partial charge in [0.05, 0.1) is 10.6 Å². The predicted molar refractivity (Wildman–Crippen MR) is 106 cm³/mol. The van der Waals surface area contributed by atoms with Crippen LogP contribution in [-0.4, -0.2) is 27.0 Å². The molecule has 0 spiro atoms. The molecule has 2 aromatic rings. The molecule has 2 aliphatic rings. The van der Waals surface area contributed by atoms with E-state index >= 15 is 0 Å². The van der Waals surface area contributed by atoms with Gasteiger partial charge in [-0.25, -0.2) is 8.42 Å². The summed E-state index contributed by atoms with van der Waals surface area (Å²) in [6.07, 6.45) is 0. The first-order valence-corrected chi connectivity index (χ1v) is 10.2. The Kier molecular flexibility index (Phi) is 3.69. The van der Waals surface area contributed by atoms with E-state index in [1.807, 2.05) is 24.3 Å². The minimum atomic E-state index is -3.70. The van der Waals surface area contributed by atoms with Crippen molar-refractivity contribution in [3.05, 3.63) is 64.7 Å². The van der Waals surface area contributed by atoms with Crippen molar-refractivity contribution in [1.29, 1.82) is 0 Å². The van der Waals surface area contributed by atoms with Gasteiger partial charge < -0.3 is 0 Å². The molecule has 6 heteroatoms. The number of aliphatic imine (C=N–C) groups is 1. The van der Waals surface area contributed by atoms with Crippen LogP contribution in [-0.2, 0) is 15.4 Å². The van der Waals surface area contributed by atoms with Gasteiger partial charge in [0.2, 0.25) is 5.78 Å². The van der Waals surface area contributed by atoms with E-state index < -0.39 is 10.0 Å². The van der Waals surface area contributed by atoms with Crippen LogP contribution < -0.4 is 4.72 Å². The van der Waals surface area contributed by atoms with Crippen molar-refractivity contribution in [2.75, 3.05) is 7.05 Å². The first-order chi connectivity index (χ1) is 12.6. The monoisotopic (exact) mass is 380 g/mol. The van der Waals surface area contributed by atoms with E-state index in [2.05, 4.69) is 30.5 Å². The van der Waals surface area contributed by atoms with Gasteiger partial charge in [-0.1, -0.05) is 57.2 Å². The molecule has 0 saturated carbocycles.